The van der Waals surface area contributed by atoms with Crippen LogP contribution in [0.15, 0.2) is 36.7 Å². The van der Waals surface area contributed by atoms with Crippen molar-refractivity contribution in [1.82, 2.24) is 14.9 Å². The first-order chi connectivity index (χ1) is 12.1. The van der Waals surface area contributed by atoms with Crippen molar-refractivity contribution in [3.63, 3.8) is 0 Å². The number of hydrogen-bond donors (Lipinski definition) is 0. The summed E-state index contributed by atoms with van der Waals surface area (Å²) in [5.41, 5.74) is 0.780. The van der Waals surface area contributed by atoms with Crippen molar-refractivity contribution >= 4 is 11.7 Å². The molecule has 1 aliphatic rings. The summed E-state index contributed by atoms with van der Waals surface area (Å²) >= 11 is 0. The maximum absolute atomic E-state index is 12.5. The van der Waals surface area contributed by atoms with Crippen LogP contribution in [0.1, 0.15) is 22.5 Å². The molecule has 2 aromatic rings. The highest BCUT2D eigenvalue weighted by Crippen LogP contribution is 2.27. The topological polar surface area (TPSA) is 82.4 Å². The molecule has 0 aromatic carbocycles. The highest BCUT2D eigenvalue weighted by Gasteiger charge is 2.29. The molecule has 0 saturated carbocycles. The monoisotopic (exact) mass is 337 g/mol. The molecule has 0 aliphatic carbocycles. The number of nitrogens with zero attached hydrogens (tertiary/aromatic N) is 5. The first-order valence-corrected chi connectivity index (χ1v) is 8.03. The van der Waals surface area contributed by atoms with Gasteiger partial charge >= 0.3 is 0 Å². The third-order valence-electron chi connectivity index (χ3n) is 4.01. The van der Waals surface area contributed by atoms with E-state index in [0.717, 1.165) is 12.2 Å². The lowest BCUT2D eigenvalue weighted by Crippen LogP contribution is -2.31. The summed E-state index contributed by atoms with van der Waals surface area (Å²) in [4.78, 5) is 24.5. The normalized spacial score (nSPS) is 16.4. The van der Waals surface area contributed by atoms with Crippen LogP contribution >= 0.6 is 0 Å². The molecule has 1 fully saturated rings. The van der Waals surface area contributed by atoms with Crippen molar-refractivity contribution in [2.24, 2.45) is 0 Å². The minimum atomic E-state index is -0.144. The summed E-state index contributed by atoms with van der Waals surface area (Å²) in [5.74, 6) is 1.33. The summed E-state index contributed by atoms with van der Waals surface area (Å²) in [6.07, 6.45) is 3.81. The molecule has 25 heavy (non-hydrogen) atoms. The first kappa shape index (κ1) is 16.7. The number of rotatable bonds is 4. The number of ether oxygens (including phenoxy) is 1. The summed E-state index contributed by atoms with van der Waals surface area (Å²) in [7, 11) is 3.83. The van der Waals surface area contributed by atoms with Crippen LogP contribution < -0.4 is 9.64 Å². The third kappa shape index (κ3) is 3.69. The van der Waals surface area contributed by atoms with Crippen LogP contribution in [0.5, 0.6) is 5.75 Å². The van der Waals surface area contributed by atoms with Gasteiger partial charge in [-0.1, -0.05) is 0 Å². The second kappa shape index (κ2) is 7.18. The van der Waals surface area contributed by atoms with Gasteiger partial charge in [0.25, 0.3) is 5.91 Å². The van der Waals surface area contributed by atoms with Crippen LogP contribution in [0, 0.1) is 11.3 Å². The Balaban J connectivity index is 1.65. The Morgan fingerprint density at radius 1 is 1.36 bits per heavy atom. The lowest BCUT2D eigenvalue weighted by molar-refractivity contribution is 0.0766. The molecule has 3 heterocycles. The van der Waals surface area contributed by atoms with Gasteiger partial charge < -0.3 is 14.5 Å². The lowest BCUT2D eigenvalue weighted by atomic mass is 10.2. The van der Waals surface area contributed by atoms with Gasteiger partial charge in [-0.25, -0.2) is 9.97 Å². The van der Waals surface area contributed by atoms with Gasteiger partial charge in [0.05, 0.1) is 12.1 Å². The average Bonchev–Trinajstić information content (AvgIpc) is 3.10. The molecular formula is C18H19N5O2. The minimum Gasteiger partial charge on any atom is -0.485 e. The van der Waals surface area contributed by atoms with Gasteiger partial charge in [0.15, 0.2) is 11.6 Å². The Bertz CT molecular complexity index is 798. The highest BCUT2D eigenvalue weighted by molar-refractivity contribution is 5.92. The molecule has 7 nitrogen and oxygen atoms in total. The van der Waals surface area contributed by atoms with E-state index in [1.54, 1.807) is 23.2 Å². The van der Waals surface area contributed by atoms with Crippen LogP contribution in [0.25, 0.3) is 0 Å². The number of carbonyl (C=O) groups excluding carboxylic acids is 1. The predicted molar refractivity (Wildman–Crippen MR) is 92.5 cm³/mol. The fourth-order valence-corrected chi connectivity index (χ4v) is 2.75. The molecule has 0 spiro atoms. The average molecular weight is 337 g/mol. The van der Waals surface area contributed by atoms with E-state index in [2.05, 4.69) is 9.97 Å². The van der Waals surface area contributed by atoms with Crippen molar-refractivity contribution in [2.45, 2.75) is 12.5 Å². The number of anilines is 1. The smallest absolute Gasteiger partial charge is 0.272 e. The number of amides is 1. The molecule has 1 aliphatic heterocycles. The van der Waals surface area contributed by atoms with Crippen molar-refractivity contribution in [3.05, 3.63) is 47.9 Å². The van der Waals surface area contributed by atoms with Gasteiger partial charge in [0.2, 0.25) is 0 Å². The van der Waals surface area contributed by atoms with Gasteiger partial charge in [-0.05, 0) is 24.3 Å². The van der Waals surface area contributed by atoms with Crippen molar-refractivity contribution in [2.75, 3.05) is 32.1 Å². The van der Waals surface area contributed by atoms with Gasteiger partial charge in [0.1, 0.15) is 17.9 Å². The first-order valence-electron chi connectivity index (χ1n) is 8.03. The number of carbonyl (C=O) groups is 1. The van der Waals surface area contributed by atoms with E-state index in [4.69, 9.17) is 10.00 Å². The Hall–Kier alpha value is -3.14. The van der Waals surface area contributed by atoms with Crippen LogP contribution in [0.2, 0.25) is 0 Å². The minimum absolute atomic E-state index is 0.0785. The molecule has 0 unspecified atom stereocenters. The summed E-state index contributed by atoms with van der Waals surface area (Å²) in [5, 5.41) is 8.80. The van der Waals surface area contributed by atoms with Crippen molar-refractivity contribution in [1.29, 1.82) is 5.26 Å². The maximum atomic E-state index is 12.5. The number of likely N-dealkylation sites (tertiary alicyclic amines) is 1. The Morgan fingerprint density at radius 2 is 2.20 bits per heavy atom. The number of aromatic nitrogens is 2. The van der Waals surface area contributed by atoms with Gasteiger partial charge in [0, 0.05) is 39.5 Å². The molecular weight excluding hydrogens is 318 g/mol. The number of hydrogen-bond acceptors (Lipinski definition) is 6. The quantitative estimate of drug-likeness (QED) is 0.845. The summed E-state index contributed by atoms with van der Waals surface area (Å²) in [6, 6.07) is 8.90. The van der Waals surface area contributed by atoms with E-state index >= 15 is 0 Å². The van der Waals surface area contributed by atoms with Crippen LogP contribution in [-0.2, 0) is 0 Å². The Kier molecular flexibility index (Phi) is 4.80. The molecule has 0 N–H and O–H groups in total. The molecule has 128 valence electrons. The molecule has 1 atom stereocenters. The highest BCUT2D eigenvalue weighted by atomic mass is 16.5. The Morgan fingerprint density at radius 3 is 2.88 bits per heavy atom. The zero-order valence-electron chi connectivity index (χ0n) is 14.2. The van der Waals surface area contributed by atoms with E-state index in [9.17, 15) is 4.79 Å². The van der Waals surface area contributed by atoms with E-state index in [-0.39, 0.29) is 12.0 Å². The molecule has 1 amide bonds. The maximum Gasteiger partial charge on any atom is 0.272 e. The summed E-state index contributed by atoms with van der Waals surface area (Å²) in [6.45, 7) is 1.12. The second-order valence-corrected chi connectivity index (χ2v) is 6.04. The molecule has 0 bridgehead atoms. The predicted octanol–water partition coefficient (Wildman–Crippen LogP) is 1.71. The fraction of sp³-hybridized carbons (Fsp3) is 0.333. The van der Waals surface area contributed by atoms with Gasteiger partial charge in [-0.3, -0.25) is 4.79 Å². The van der Waals surface area contributed by atoms with Crippen LogP contribution in [-0.4, -0.2) is 54.1 Å². The largest absolute Gasteiger partial charge is 0.485 e. The SMILES string of the molecule is CN(C)c1ncccc1O[C@@H]1CCN(C(=O)c2ccc(C#N)cn2)C1. The van der Waals surface area contributed by atoms with Gasteiger partial charge in [-0.2, -0.15) is 5.26 Å². The molecule has 3 rings (SSSR count). The number of pyridine rings is 2. The molecule has 2 aromatic heterocycles. The van der Waals surface area contributed by atoms with E-state index in [0.29, 0.717) is 30.1 Å². The standard InChI is InChI=1S/C18H19N5O2/c1-22(2)17-16(4-3-8-20-17)25-14-7-9-23(12-14)18(24)15-6-5-13(10-19)11-21-15/h3-6,8,11,14H,7,9,12H2,1-2H3/t14-/m1/s1. The van der Waals surface area contributed by atoms with Crippen molar-refractivity contribution in [3.8, 4) is 11.8 Å². The zero-order valence-corrected chi connectivity index (χ0v) is 14.2. The van der Waals surface area contributed by atoms with E-state index in [1.807, 2.05) is 37.2 Å². The van der Waals surface area contributed by atoms with E-state index in [1.165, 1.54) is 6.20 Å². The van der Waals surface area contributed by atoms with E-state index < -0.39 is 0 Å². The zero-order chi connectivity index (χ0) is 17.8. The van der Waals surface area contributed by atoms with Crippen LogP contribution in [0.4, 0.5) is 5.82 Å². The summed E-state index contributed by atoms with van der Waals surface area (Å²) < 4.78 is 6.06. The number of nitriles is 1. The van der Waals surface area contributed by atoms with Crippen molar-refractivity contribution < 1.29 is 9.53 Å². The third-order valence-corrected chi connectivity index (χ3v) is 4.01. The van der Waals surface area contributed by atoms with Crippen LogP contribution in [0.3, 0.4) is 0 Å². The molecule has 7 heteroatoms. The second-order valence-electron chi connectivity index (χ2n) is 6.04. The van der Waals surface area contributed by atoms with Gasteiger partial charge in [-0.15, -0.1) is 0 Å². The molecule has 0 radical (unpaired) electrons. The Labute approximate surface area is 146 Å². The fourth-order valence-electron chi connectivity index (χ4n) is 2.75. The molecule has 1 saturated heterocycles. The lowest BCUT2D eigenvalue weighted by Gasteiger charge is -2.20.